The van der Waals surface area contributed by atoms with Gasteiger partial charge in [0, 0.05) is 17.7 Å². The van der Waals surface area contributed by atoms with Crippen LogP contribution in [0.5, 0.6) is 5.75 Å². The van der Waals surface area contributed by atoms with Crippen LogP contribution in [0.25, 0.3) is 0 Å². The number of hydrogen-bond donors (Lipinski definition) is 1. The maximum Gasteiger partial charge on any atom is 0.300 e. The van der Waals surface area contributed by atoms with Gasteiger partial charge in [0.05, 0.1) is 0 Å². The lowest BCUT2D eigenvalue weighted by Crippen LogP contribution is -2.13. The molecule has 0 aromatic heterocycles. The van der Waals surface area contributed by atoms with Gasteiger partial charge in [0.15, 0.2) is 0 Å². The summed E-state index contributed by atoms with van der Waals surface area (Å²) in [5.41, 5.74) is 0.376. The molecule has 16 heavy (non-hydrogen) atoms. The highest BCUT2D eigenvalue weighted by Gasteiger charge is 2.18. The summed E-state index contributed by atoms with van der Waals surface area (Å²) in [6.45, 7) is 0.385. The van der Waals surface area contributed by atoms with Gasteiger partial charge in [-0.3, -0.25) is 4.79 Å². The summed E-state index contributed by atoms with van der Waals surface area (Å²) in [4.78, 5) is 12.8. The third-order valence-corrected chi connectivity index (χ3v) is 2.05. The van der Waals surface area contributed by atoms with Gasteiger partial charge < -0.3 is 10.0 Å². The van der Waals surface area contributed by atoms with Crippen molar-refractivity contribution in [3.05, 3.63) is 29.3 Å². The summed E-state index contributed by atoms with van der Waals surface area (Å²) in [7, 11) is 3.56. The molecule has 0 amide bonds. The number of benzene rings is 1. The lowest BCUT2D eigenvalue weighted by atomic mass is 10.1. The van der Waals surface area contributed by atoms with Gasteiger partial charge >= 0.3 is 6.43 Å². The summed E-state index contributed by atoms with van der Waals surface area (Å²) in [6.07, 6.45) is -3.02. The van der Waals surface area contributed by atoms with E-state index in [1.54, 1.807) is 19.0 Å². The topological polar surface area (TPSA) is 40.5 Å². The molecule has 0 saturated carbocycles. The number of carbonyl (C=O) groups is 1. The first kappa shape index (κ1) is 12.6. The second-order valence-electron chi connectivity index (χ2n) is 3.75. The van der Waals surface area contributed by atoms with Gasteiger partial charge in [-0.05, 0) is 32.3 Å². The average molecular weight is 229 g/mol. The van der Waals surface area contributed by atoms with Crippen molar-refractivity contribution in [2.24, 2.45) is 0 Å². The van der Waals surface area contributed by atoms with E-state index in [1.165, 1.54) is 18.2 Å². The number of alkyl halides is 2. The van der Waals surface area contributed by atoms with Crippen molar-refractivity contribution < 1.29 is 18.7 Å². The minimum atomic E-state index is -3.02. The first-order valence-corrected chi connectivity index (χ1v) is 4.71. The summed E-state index contributed by atoms with van der Waals surface area (Å²) in [6, 6.07) is 3.75. The second kappa shape index (κ2) is 5.03. The molecule has 1 aromatic carbocycles. The van der Waals surface area contributed by atoms with Crippen molar-refractivity contribution in [3.63, 3.8) is 0 Å². The number of phenolic OH excluding ortho intramolecular Hbond substituents is 1. The molecule has 0 aliphatic carbocycles. The lowest BCUT2D eigenvalue weighted by Gasteiger charge is -2.12. The van der Waals surface area contributed by atoms with E-state index in [4.69, 9.17) is 0 Å². The Labute approximate surface area is 92.3 Å². The molecule has 0 spiro atoms. The average Bonchev–Trinajstić information content (AvgIpc) is 2.19. The monoisotopic (exact) mass is 229 g/mol. The highest BCUT2D eigenvalue weighted by molar-refractivity contribution is 5.98. The molecule has 0 radical (unpaired) electrons. The van der Waals surface area contributed by atoms with E-state index in [2.05, 4.69) is 0 Å². The first-order valence-electron chi connectivity index (χ1n) is 4.71. The Morgan fingerprint density at radius 2 is 2.06 bits per heavy atom. The Balaban J connectivity index is 3.02. The third kappa shape index (κ3) is 3.00. The van der Waals surface area contributed by atoms with Gasteiger partial charge in [-0.2, -0.15) is 0 Å². The highest BCUT2D eigenvalue weighted by Crippen LogP contribution is 2.21. The highest BCUT2D eigenvalue weighted by atomic mass is 19.3. The number of halogens is 2. The number of rotatable bonds is 4. The van der Waals surface area contributed by atoms with Gasteiger partial charge in [-0.1, -0.05) is 0 Å². The number of phenols is 1. The predicted octanol–water partition coefficient (Wildman–Crippen LogP) is 1.90. The van der Waals surface area contributed by atoms with Crippen molar-refractivity contribution >= 4 is 5.78 Å². The van der Waals surface area contributed by atoms with Crippen molar-refractivity contribution in [1.29, 1.82) is 0 Å². The van der Waals surface area contributed by atoms with E-state index in [1.807, 2.05) is 0 Å². The molecule has 0 bridgehead atoms. The molecule has 0 aliphatic heterocycles. The number of ketones is 1. The zero-order valence-electron chi connectivity index (χ0n) is 9.08. The quantitative estimate of drug-likeness (QED) is 0.802. The second-order valence-corrected chi connectivity index (χ2v) is 3.75. The fourth-order valence-electron chi connectivity index (χ4n) is 1.33. The lowest BCUT2D eigenvalue weighted by molar-refractivity contribution is 0.0678. The standard InChI is InChI=1S/C11H13F2NO2/c1-14(2)6-8-5-7(3-4-9(8)15)10(16)11(12)13/h3-5,11,15H,6H2,1-2H3. The van der Waals surface area contributed by atoms with Crippen molar-refractivity contribution in [2.45, 2.75) is 13.0 Å². The molecule has 5 heteroatoms. The van der Waals surface area contributed by atoms with Crippen LogP contribution in [0.4, 0.5) is 8.78 Å². The summed E-state index contributed by atoms with van der Waals surface area (Å²) in [5.74, 6) is -1.22. The molecule has 0 unspecified atom stereocenters. The van der Waals surface area contributed by atoms with Crippen molar-refractivity contribution in [2.75, 3.05) is 14.1 Å². The van der Waals surface area contributed by atoms with Gasteiger partial charge in [-0.25, -0.2) is 8.78 Å². The Kier molecular flexibility index (Phi) is 3.95. The minimum Gasteiger partial charge on any atom is -0.508 e. The zero-order chi connectivity index (χ0) is 12.3. The molecule has 88 valence electrons. The number of aromatic hydroxyl groups is 1. The summed E-state index contributed by atoms with van der Waals surface area (Å²) < 4.78 is 24.4. The minimum absolute atomic E-state index is 0.000448. The number of nitrogens with zero attached hydrogens (tertiary/aromatic N) is 1. The maximum atomic E-state index is 12.2. The molecular weight excluding hydrogens is 216 g/mol. The normalized spacial score (nSPS) is 11.1. The van der Waals surface area contributed by atoms with Crippen LogP contribution in [0.2, 0.25) is 0 Å². The van der Waals surface area contributed by atoms with E-state index < -0.39 is 12.2 Å². The number of Topliss-reactive ketones (excluding diaryl/α,β-unsaturated/α-hetero) is 1. The number of hydrogen-bond acceptors (Lipinski definition) is 3. The summed E-state index contributed by atoms with van der Waals surface area (Å²) in [5, 5.41) is 9.48. The molecule has 0 heterocycles. The van der Waals surface area contributed by atoms with E-state index in [0.717, 1.165) is 0 Å². The van der Waals surface area contributed by atoms with Crippen molar-refractivity contribution in [1.82, 2.24) is 4.90 Å². The van der Waals surface area contributed by atoms with Crippen LogP contribution < -0.4 is 0 Å². The molecule has 1 rings (SSSR count). The Morgan fingerprint density at radius 1 is 1.44 bits per heavy atom. The molecule has 1 N–H and O–H groups in total. The SMILES string of the molecule is CN(C)Cc1cc(C(=O)C(F)F)ccc1O. The molecular formula is C11H13F2NO2. The van der Waals surface area contributed by atoms with E-state index in [9.17, 15) is 18.7 Å². The van der Waals surface area contributed by atoms with Gasteiger partial charge in [0.25, 0.3) is 0 Å². The molecule has 0 fully saturated rings. The maximum absolute atomic E-state index is 12.2. The van der Waals surface area contributed by atoms with E-state index >= 15 is 0 Å². The van der Waals surface area contributed by atoms with Crippen LogP contribution in [0.15, 0.2) is 18.2 Å². The van der Waals surface area contributed by atoms with Crippen LogP contribution in [0.3, 0.4) is 0 Å². The van der Waals surface area contributed by atoms with Crippen LogP contribution in [0.1, 0.15) is 15.9 Å². The predicted molar refractivity (Wildman–Crippen MR) is 55.8 cm³/mol. The van der Waals surface area contributed by atoms with Gasteiger partial charge in [0.2, 0.25) is 5.78 Å². The van der Waals surface area contributed by atoms with Crippen molar-refractivity contribution in [3.8, 4) is 5.75 Å². The Hall–Kier alpha value is -1.49. The van der Waals surface area contributed by atoms with Gasteiger partial charge in [-0.15, -0.1) is 0 Å². The first-order chi connectivity index (χ1) is 7.41. The fourth-order valence-corrected chi connectivity index (χ4v) is 1.33. The Bertz CT molecular complexity index is 392. The number of carbonyl (C=O) groups excluding carboxylic acids is 1. The molecule has 3 nitrogen and oxygen atoms in total. The largest absolute Gasteiger partial charge is 0.508 e. The van der Waals surface area contributed by atoms with Crippen LogP contribution in [0, 0.1) is 0 Å². The van der Waals surface area contributed by atoms with Crippen LogP contribution >= 0.6 is 0 Å². The van der Waals surface area contributed by atoms with Crippen LogP contribution in [-0.4, -0.2) is 36.3 Å². The molecule has 1 aromatic rings. The van der Waals surface area contributed by atoms with E-state index in [0.29, 0.717) is 12.1 Å². The smallest absolute Gasteiger partial charge is 0.300 e. The zero-order valence-corrected chi connectivity index (χ0v) is 9.08. The summed E-state index contributed by atoms with van der Waals surface area (Å²) >= 11 is 0. The molecule has 0 atom stereocenters. The molecule has 0 saturated heterocycles. The van der Waals surface area contributed by atoms with Gasteiger partial charge in [0.1, 0.15) is 5.75 Å². The Morgan fingerprint density at radius 3 is 2.56 bits per heavy atom. The third-order valence-electron chi connectivity index (χ3n) is 2.05. The van der Waals surface area contributed by atoms with Crippen LogP contribution in [-0.2, 0) is 6.54 Å². The fraction of sp³-hybridized carbons (Fsp3) is 0.364. The molecule has 0 aliphatic rings. The van der Waals surface area contributed by atoms with E-state index in [-0.39, 0.29) is 11.3 Å².